The summed E-state index contributed by atoms with van der Waals surface area (Å²) in [5.74, 6) is 0.901. The van der Waals surface area contributed by atoms with E-state index in [9.17, 15) is 0 Å². The van der Waals surface area contributed by atoms with E-state index in [0.29, 0.717) is 10.4 Å². The largest absolute Gasteiger partial charge is 0.389 e. The number of aromatic nitrogens is 1. The van der Waals surface area contributed by atoms with Crippen molar-refractivity contribution >= 4 is 23.0 Å². The van der Waals surface area contributed by atoms with Crippen molar-refractivity contribution in [1.82, 2.24) is 4.98 Å². The van der Waals surface area contributed by atoms with Crippen LogP contribution in [0.2, 0.25) is 0 Å². The number of hydrogen-bond donors (Lipinski definition) is 2. The number of nitrogens with zero attached hydrogens (tertiary/aromatic N) is 1. The molecule has 0 bridgehead atoms. The van der Waals surface area contributed by atoms with Gasteiger partial charge < -0.3 is 11.1 Å². The van der Waals surface area contributed by atoms with Crippen molar-refractivity contribution in [2.24, 2.45) is 11.1 Å². The van der Waals surface area contributed by atoms with E-state index < -0.39 is 0 Å². The molecule has 3 nitrogen and oxygen atoms in total. The van der Waals surface area contributed by atoms with Gasteiger partial charge in [0.05, 0.1) is 5.56 Å². The highest BCUT2D eigenvalue weighted by molar-refractivity contribution is 7.80. The second kappa shape index (κ2) is 5.32. The molecule has 1 aromatic rings. The van der Waals surface area contributed by atoms with Crippen LogP contribution >= 0.6 is 12.2 Å². The molecule has 3 N–H and O–H groups in total. The lowest BCUT2D eigenvalue weighted by Crippen LogP contribution is -2.36. The lowest BCUT2D eigenvalue weighted by molar-refractivity contribution is 0.145. The summed E-state index contributed by atoms with van der Waals surface area (Å²) >= 11 is 5.20. The smallest absolute Gasteiger partial charge is 0.136 e. The van der Waals surface area contributed by atoms with Gasteiger partial charge in [0, 0.05) is 12.2 Å². The normalized spacial score (nSPS) is 19.2. The van der Waals surface area contributed by atoms with E-state index in [-0.39, 0.29) is 0 Å². The van der Waals surface area contributed by atoms with E-state index in [0.717, 1.165) is 30.8 Å². The van der Waals surface area contributed by atoms with Crippen LogP contribution in [0.1, 0.15) is 55.8 Å². The Balaban J connectivity index is 1.82. The van der Waals surface area contributed by atoms with Crippen LogP contribution in [0.5, 0.6) is 0 Å². The molecule has 1 heterocycles. The molecule has 2 aliphatic carbocycles. The van der Waals surface area contributed by atoms with Gasteiger partial charge >= 0.3 is 0 Å². The molecule has 1 aromatic heterocycles. The summed E-state index contributed by atoms with van der Waals surface area (Å²) in [5.41, 5.74) is 9.82. The lowest BCUT2D eigenvalue weighted by atomic mass is 9.67. The standard InChI is InChI=1S/C16H23N3S/c1-2-16(7-4-8-16)10-18-15-12(14(17)20)9-11-5-3-6-13(11)19-15/h9H,2-8,10H2,1H3,(H2,17,20)(H,18,19). The van der Waals surface area contributed by atoms with Gasteiger partial charge in [0.1, 0.15) is 10.8 Å². The van der Waals surface area contributed by atoms with E-state index in [1.807, 2.05) is 0 Å². The number of pyridine rings is 1. The molecule has 1 saturated carbocycles. The minimum absolute atomic E-state index is 0.453. The van der Waals surface area contributed by atoms with E-state index in [2.05, 4.69) is 18.3 Å². The van der Waals surface area contributed by atoms with Gasteiger partial charge in [-0.3, -0.25) is 0 Å². The van der Waals surface area contributed by atoms with E-state index in [4.69, 9.17) is 22.9 Å². The van der Waals surface area contributed by atoms with Crippen molar-refractivity contribution in [1.29, 1.82) is 0 Å². The zero-order valence-electron chi connectivity index (χ0n) is 12.2. The van der Waals surface area contributed by atoms with Crippen molar-refractivity contribution < 1.29 is 0 Å². The summed E-state index contributed by atoms with van der Waals surface area (Å²) in [4.78, 5) is 5.24. The minimum Gasteiger partial charge on any atom is -0.389 e. The first-order valence-corrected chi connectivity index (χ1v) is 8.11. The first-order valence-electron chi connectivity index (χ1n) is 7.70. The fraction of sp³-hybridized carbons (Fsp3) is 0.625. The number of rotatable bonds is 5. The van der Waals surface area contributed by atoms with Crippen LogP contribution in [-0.4, -0.2) is 16.5 Å². The molecule has 1 fully saturated rings. The van der Waals surface area contributed by atoms with Crippen molar-refractivity contribution in [3.63, 3.8) is 0 Å². The van der Waals surface area contributed by atoms with Crippen molar-refractivity contribution in [3.05, 3.63) is 22.9 Å². The molecule has 108 valence electrons. The van der Waals surface area contributed by atoms with Crippen LogP contribution in [-0.2, 0) is 12.8 Å². The predicted octanol–water partition coefficient (Wildman–Crippen LogP) is 3.20. The highest BCUT2D eigenvalue weighted by Crippen LogP contribution is 2.43. The SMILES string of the molecule is CCC1(CNc2nc3c(cc2C(N)=S)CCC3)CCC1. The third-order valence-electron chi connectivity index (χ3n) is 5.11. The highest BCUT2D eigenvalue weighted by Gasteiger charge is 2.35. The lowest BCUT2D eigenvalue weighted by Gasteiger charge is -2.41. The molecule has 0 aliphatic heterocycles. The molecule has 0 unspecified atom stereocenters. The van der Waals surface area contributed by atoms with E-state index in [1.165, 1.54) is 43.4 Å². The van der Waals surface area contributed by atoms with Crippen molar-refractivity contribution in [2.75, 3.05) is 11.9 Å². The Morgan fingerprint density at radius 2 is 2.20 bits per heavy atom. The minimum atomic E-state index is 0.453. The Labute approximate surface area is 126 Å². The Morgan fingerprint density at radius 1 is 1.40 bits per heavy atom. The van der Waals surface area contributed by atoms with Gasteiger partial charge in [-0.1, -0.05) is 25.6 Å². The molecule has 0 aromatic carbocycles. The van der Waals surface area contributed by atoms with Gasteiger partial charge in [-0.25, -0.2) is 4.98 Å². The molecular weight excluding hydrogens is 266 g/mol. The first kappa shape index (κ1) is 13.8. The maximum atomic E-state index is 5.88. The Morgan fingerprint density at radius 3 is 2.80 bits per heavy atom. The highest BCUT2D eigenvalue weighted by atomic mass is 32.1. The van der Waals surface area contributed by atoms with Crippen LogP contribution in [0.25, 0.3) is 0 Å². The fourth-order valence-corrected chi connectivity index (χ4v) is 3.55. The summed E-state index contributed by atoms with van der Waals surface area (Å²) in [6.45, 7) is 3.27. The van der Waals surface area contributed by atoms with E-state index >= 15 is 0 Å². The molecule has 2 aliphatic rings. The predicted molar refractivity (Wildman–Crippen MR) is 87.2 cm³/mol. The van der Waals surface area contributed by atoms with Crippen LogP contribution in [0, 0.1) is 5.41 Å². The molecule has 0 atom stereocenters. The maximum absolute atomic E-state index is 5.88. The number of nitrogens with two attached hydrogens (primary N) is 1. The molecule has 0 amide bonds. The second-order valence-corrected chi connectivity index (χ2v) is 6.71. The molecule has 0 spiro atoms. The summed E-state index contributed by atoms with van der Waals surface area (Å²) in [7, 11) is 0. The van der Waals surface area contributed by atoms with Crippen LogP contribution in [0.4, 0.5) is 5.82 Å². The summed E-state index contributed by atoms with van der Waals surface area (Å²) in [6, 6.07) is 2.15. The number of thiocarbonyl (C=S) groups is 1. The third kappa shape index (κ3) is 2.41. The summed E-state index contributed by atoms with van der Waals surface area (Å²) in [6.07, 6.45) is 8.62. The first-order chi connectivity index (χ1) is 9.63. The average Bonchev–Trinajstić information content (AvgIpc) is 2.84. The van der Waals surface area contributed by atoms with Crippen LogP contribution in [0.3, 0.4) is 0 Å². The Bertz CT molecular complexity index is 529. The molecular formula is C16H23N3S. The summed E-state index contributed by atoms with van der Waals surface area (Å²) < 4.78 is 0. The zero-order valence-corrected chi connectivity index (χ0v) is 13.0. The third-order valence-corrected chi connectivity index (χ3v) is 5.33. The van der Waals surface area contributed by atoms with Gasteiger partial charge in [-0.2, -0.15) is 0 Å². The van der Waals surface area contributed by atoms with Crippen molar-refractivity contribution in [3.8, 4) is 0 Å². The Hall–Kier alpha value is -1.16. The fourth-order valence-electron chi connectivity index (χ4n) is 3.40. The number of nitrogens with one attached hydrogen (secondary N) is 1. The second-order valence-electron chi connectivity index (χ2n) is 6.27. The van der Waals surface area contributed by atoms with Gasteiger partial charge in [-0.05, 0) is 55.6 Å². The number of aryl methyl sites for hydroxylation is 2. The Kier molecular flexibility index (Phi) is 3.67. The van der Waals surface area contributed by atoms with E-state index in [1.54, 1.807) is 0 Å². The molecule has 0 saturated heterocycles. The molecule has 3 rings (SSSR count). The summed E-state index contributed by atoms with van der Waals surface area (Å²) in [5, 5.41) is 3.54. The van der Waals surface area contributed by atoms with Crippen LogP contribution in [0.15, 0.2) is 6.07 Å². The molecule has 0 radical (unpaired) electrons. The zero-order chi connectivity index (χ0) is 14.2. The monoisotopic (exact) mass is 289 g/mol. The molecule has 20 heavy (non-hydrogen) atoms. The number of anilines is 1. The van der Waals surface area contributed by atoms with Gasteiger partial charge in [-0.15, -0.1) is 0 Å². The van der Waals surface area contributed by atoms with Crippen LogP contribution < -0.4 is 11.1 Å². The van der Waals surface area contributed by atoms with Gasteiger partial charge in [0.15, 0.2) is 0 Å². The number of hydrogen-bond acceptors (Lipinski definition) is 3. The number of fused-ring (bicyclic) bond motifs is 1. The van der Waals surface area contributed by atoms with Gasteiger partial charge in [0.25, 0.3) is 0 Å². The average molecular weight is 289 g/mol. The van der Waals surface area contributed by atoms with Crippen molar-refractivity contribution in [2.45, 2.75) is 51.9 Å². The molecule has 4 heteroatoms. The maximum Gasteiger partial charge on any atom is 0.136 e. The quantitative estimate of drug-likeness (QED) is 0.817. The topological polar surface area (TPSA) is 50.9 Å². The van der Waals surface area contributed by atoms with Gasteiger partial charge in [0.2, 0.25) is 0 Å².